The van der Waals surface area contributed by atoms with Gasteiger partial charge in [0.05, 0.1) is 0 Å². The van der Waals surface area contributed by atoms with Crippen LogP contribution in [0.3, 0.4) is 0 Å². The molecular formula is C13H24N4O. The third-order valence-electron chi connectivity index (χ3n) is 3.38. The molecule has 1 aromatic heterocycles. The molecule has 0 aliphatic heterocycles. The average Bonchev–Trinajstić information content (AvgIpc) is 3.13. The summed E-state index contributed by atoms with van der Waals surface area (Å²) in [6, 6.07) is 0.827. The van der Waals surface area contributed by atoms with Crippen LogP contribution in [-0.4, -0.2) is 54.3 Å². The Morgan fingerprint density at radius 3 is 3.11 bits per heavy atom. The van der Waals surface area contributed by atoms with Crippen LogP contribution in [0, 0.1) is 0 Å². The molecule has 0 aromatic carbocycles. The molecule has 0 bridgehead atoms. The third kappa shape index (κ3) is 3.99. The van der Waals surface area contributed by atoms with Gasteiger partial charge < -0.3 is 19.5 Å². The van der Waals surface area contributed by atoms with Crippen LogP contribution in [-0.2, 0) is 11.3 Å². The topological polar surface area (TPSA) is 42.3 Å². The second kappa shape index (κ2) is 6.75. The maximum Gasteiger partial charge on any atom is 0.202 e. The molecule has 5 heteroatoms. The van der Waals surface area contributed by atoms with Crippen molar-refractivity contribution in [2.24, 2.45) is 0 Å². The van der Waals surface area contributed by atoms with Crippen molar-refractivity contribution in [1.29, 1.82) is 0 Å². The molecule has 2 rings (SSSR count). The number of anilines is 1. The van der Waals surface area contributed by atoms with Crippen LogP contribution in [0.25, 0.3) is 0 Å². The van der Waals surface area contributed by atoms with Gasteiger partial charge in [-0.15, -0.1) is 0 Å². The van der Waals surface area contributed by atoms with Crippen molar-refractivity contribution >= 4 is 5.95 Å². The minimum Gasteiger partial charge on any atom is -0.385 e. The molecule has 0 saturated heterocycles. The fourth-order valence-electron chi connectivity index (χ4n) is 2.08. The Kier molecular flexibility index (Phi) is 5.01. The number of likely N-dealkylation sites (N-methyl/N-ethyl adjacent to an activating group) is 1. The SMILES string of the molecule is COCCCn1ccnc1NCCN(C)C1CC1. The van der Waals surface area contributed by atoms with Gasteiger partial charge >= 0.3 is 0 Å². The first-order chi connectivity index (χ1) is 8.81. The second-order valence-electron chi connectivity index (χ2n) is 4.93. The van der Waals surface area contributed by atoms with Crippen molar-refractivity contribution in [1.82, 2.24) is 14.5 Å². The molecule has 0 atom stereocenters. The Bertz CT molecular complexity index is 349. The van der Waals surface area contributed by atoms with Crippen molar-refractivity contribution in [3.63, 3.8) is 0 Å². The molecule has 0 spiro atoms. The second-order valence-corrected chi connectivity index (χ2v) is 4.93. The lowest BCUT2D eigenvalue weighted by Gasteiger charge is -2.16. The standard InChI is InChI=1S/C13H24N4O/c1-16(12-4-5-12)9-6-14-13-15-7-10-17(13)8-3-11-18-2/h7,10,12H,3-6,8-9,11H2,1-2H3,(H,14,15). The van der Waals surface area contributed by atoms with Crippen LogP contribution in [0.1, 0.15) is 19.3 Å². The van der Waals surface area contributed by atoms with Gasteiger partial charge in [-0.25, -0.2) is 4.98 Å². The van der Waals surface area contributed by atoms with Crippen LogP contribution in [0.15, 0.2) is 12.4 Å². The Morgan fingerprint density at radius 2 is 2.39 bits per heavy atom. The predicted octanol–water partition coefficient (Wildman–Crippen LogP) is 1.43. The lowest BCUT2D eigenvalue weighted by atomic mass is 10.4. The monoisotopic (exact) mass is 252 g/mol. The number of nitrogens with zero attached hydrogens (tertiary/aromatic N) is 3. The summed E-state index contributed by atoms with van der Waals surface area (Å²) in [6.07, 6.45) is 7.61. The van der Waals surface area contributed by atoms with E-state index < -0.39 is 0 Å². The van der Waals surface area contributed by atoms with Crippen molar-refractivity contribution in [3.05, 3.63) is 12.4 Å². The molecule has 5 nitrogen and oxygen atoms in total. The highest BCUT2D eigenvalue weighted by Gasteiger charge is 2.25. The maximum absolute atomic E-state index is 5.07. The Hall–Kier alpha value is -1.07. The lowest BCUT2D eigenvalue weighted by Crippen LogP contribution is -2.27. The summed E-state index contributed by atoms with van der Waals surface area (Å²) in [6.45, 7) is 3.78. The lowest BCUT2D eigenvalue weighted by molar-refractivity contribution is 0.190. The normalized spacial score (nSPS) is 15.3. The largest absolute Gasteiger partial charge is 0.385 e. The molecule has 1 aliphatic carbocycles. The Labute approximate surface area is 109 Å². The quantitative estimate of drug-likeness (QED) is 0.675. The molecule has 1 aromatic rings. The number of hydrogen-bond donors (Lipinski definition) is 1. The van der Waals surface area contributed by atoms with Crippen molar-refractivity contribution in [2.45, 2.75) is 31.8 Å². The summed E-state index contributed by atoms with van der Waals surface area (Å²) < 4.78 is 7.21. The molecule has 1 heterocycles. The van der Waals surface area contributed by atoms with E-state index in [1.165, 1.54) is 12.8 Å². The minimum atomic E-state index is 0.794. The van der Waals surface area contributed by atoms with E-state index in [0.717, 1.165) is 44.7 Å². The van der Waals surface area contributed by atoms with Crippen molar-refractivity contribution in [3.8, 4) is 0 Å². The smallest absolute Gasteiger partial charge is 0.202 e. The fourth-order valence-corrected chi connectivity index (χ4v) is 2.08. The molecule has 1 aliphatic rings. The number of imidazole rings is 1. The zero-order chi connectivity index (χ0) is 12.8. The summed E-state index contributed by atoms with van der Waals surface area (Å²) in [5.74, 6) is 0.968. The Balaban J connectivity index is 1.69. The zero-order valence-electron chi connectivity index (χ0n) is 11.4. The third-order valence-corrected chi connectivity index (χ3v) is 3.38. The molecule has 0 radical (unpaired) electrons. The molecule has 0 unspecified atom stereocenters. The fraction of sp³-hybridized carbons (Fsp3) is 0.769. The minimum absolute atomic E-state index is 0.794. The van der Waals surface area contributed by atoms with Gasteiger partial charge in [0.25, 0.3) is 0 Å². The molecule has 1 fully saturated rings. The van der Waals surface area contributed by atoms with Crippen LogP contribution in [0.2, 0.25) is 0 Å². The molecule has 18 heavy (non-hydrogen) atoms. The Morgan fingerprint density at radius 1 is 1.56 bits per heavy atom. The zero-order valence-corrected chi connectivity index (χ0v) is 11.4. The summed E-state index contributed by atoms with van der Waals surface area (Å²) in [7, 11) is 3.94. The summed E-state index contributed by atoms with van der Waals surface area (Å²) in [5, 5.41) is 3.40. The van der Waals surface area contributed by atoms with Gasteiger partial charge in [0.2, 0.25) is 5.95 Å². The number of hydrogen-bond acceptors (Lipinski definition) is 4. The highest BCUT2D eigenvalue weighted by molar-refractivity contribution is 5.25. The van der Waals surface area contributed by atoms with E-state index in [0.29, 0.717) is 0 Å². The van der Waals surface area contributed by atoms with Gasteiger partial charge in [-0.2, -0.15) is 0 Å². The predicted molar refractivity (Wildman–Crippen MR) is 72.9 cm³/mol. The van der Waals surface area contributed by atoms with E-state index in [2.05, 4.69) is 26.8 Å². The highest BCUT2D eigenvalue weighted by Crippen LogP contribution is 2.24. The molecule has 1 saturated carbocycles. The van der Waals surface area contributed by atoms with Crippen LogP contribution < -0.4 is 5.32 Å². The van der Waals surface area contributed by atoms with E-state index in [1.54, 1.807) is 7.11 Å². The van der Waals surface area contributed by atoms with Crippen LogP contribution in [0.4, 0.5) is 5.95 Å². The summed E-state index contributed by atoms with van der Waals surface area (Å²) in [5.41, 5.74) is 0. The molecule has 102 valence electrons. The first-order valence-corrected chi connectivity index (χ1v) is 6.75. The number of nitrogens with one attached hydrogen (secondary N) is 1. The van der Waals surface area contributed by atoms with Crippen molar-refractivity contribution in [2.75, 3.05) is 39.2 Å². The van der Waals surface area contributed by atoms with Crippen molar-refractivity contribution < 1.29 is 4.74 Å². The van der Waals surface area contributed by atoms with E-state index in [4.69, 9.17) is 4.74 Å². The van der Waals surface area contributed by atoms with Crippen LogP contribution in [0.5, 0.6) is 0 Å². The number of aryl methyl sites for hydroxylation is 1. The molecule has 1 N–H and O–H groups in total. The van der Waals surface area contributed by atoms with Gasteiger partial charge in [0, 0.05) is 51.8 Å². The number of ether oxygens (including phenoxy) is 1. The number of rotatable bonds is 9. The van der Waals surface area contributed by atoms with Gasteiger partial charge in [-0.05, 0) is 26.3 Å². The van der Waals surface area contributed by atoms with E-state index >= 15 is 0 Å². The highest BCUT2D eigenvalue weighted by atomic mass is 16.5. The van der Waals surface area contributed by atoms with Gasteiger partial charge in [-0.3, -0.25) is 0 Å². The van der Waals surface area contributed by atoms with Crippen LogP contribution >= 0.6 is 0 Å². The first kappa shape index (κ1) is 13.4. The number of methoxy groups -OCH3 is 1. The molecular weight excluding hydrogens is 228 g/mol. The van der Waals surface area contributed by atoms with Gasteiger partial charge in [-0.1, -0.05) is 0 Å². The van der Waals surface area contributed by atoms with Gasteiger partial charge in [0.15, 0.2) is 0 Å². The van der Waals surface area contributed by atoms with E-state index in [1.807, 2.05) is 12.4 Å². The first-order valence-electron chi connectivity index (χ1n) is 6.75. The molecule has 0 amide bonds. The number of aromatic nitrogens is 2. The van der Waals surface area contributed by atoms with E-state index in [-0.39, 0.29) is 0 Å². The maximum atomic E-state index is 5.07. The average molecular weight is 252 g/mol. The summed E-state index contributed by atoms with van der Waals surface area (Å²) >= 11 is 0. The summed E-state index contributed by atoms with van der Waals surface area (Å²) in [4.78, 5) is 6.77. The van der Waals surface area contributed by atoms with E-state index in [9.17, 15) is 0 Å². The van der Waals surface area contributed by atoms with Gasteiger partial charge in [0.1, 0.15) is 0 Å².